The standard InChI is InChI=1S/C12H18ClN5/c1-3-18(4-2)12(15)17-11(14)16-10-7-5-9(13)6-8-10/h5-8H,3-4H2,1-2H3,(H4,14,15,16,17)/p+1. The minimum Gasteiger partial charge on any atom is -0.355 e. The van der Waals surface area contributed by atoms with Crippen molar-refractivity contribution in [3.8, 4) is 0 Å². The molecule has 5 nitrogen and oxygen atoms in total. The smallest absolute Gasteiger partial charge is 0.355 e. The van der Waals surface area contributed by atoms with Crippen LogP contribution in [0.5, 0.6) is 0 Å². The molecule has 0 aromatic heterocycles. The van der Waals surface area contributed by atoms with Crippen LogP contribution in [0.25, 0.3) is 0 Å². The summed E-state index contributed by atoms with van der Waals surface area (Å²) in [7, 11) is 0. The minimum absolute atomic E-state index is 0.252. The molecule has 0 radical (unpaired) electrons. The first kappa shape index (κ1) is 14.3. The molecule has 0 aliphatic rings. The topological polar surface area (TPSA) is 79.4 Å². The van der Waals surface area contributed by atoms with Crippen LogP contribution in [0.2, 0.25) is 5.02 Å². The summed E-state index contributed by atoms with van der Waals surface area (Å²) in [5.74, 6) is 0.653. The summed E-state index contributed by atoms with van der Waals surface area (Å²) in [5, 5.41) is 3.62. The molecule has 0 amide bonds. The van der Waals surface area contributed by atoms with Crippen LogP contribution >= 0.6 is 11.6 Å². The number of benzene rings is 1. The van der Waals surface area contributed by atoms with Crippen molar-refractivity contribution in [1.82, 2.24) is 0 Å². The third-order valence-corrected chi connectivity index (χ3v) is 2.69. The van der Waals surface area contributed by atoms with Crippen molar-refractivity contribution in [3.05, 3.63) is 29.3 Å². The lowest BCUT2D eigenvalue weighted by Crippen LogP contribution is -2.32. The lowest BCUT2D eigenvalue weighted by Gasteiger charge is -2.04. The number of hydrogen-bond donors (Lipinski definition) is 3. The number of nitrogens with two attached hydrogens (primary N) is 2. The fraction of sp³-hybridized carbons (Fsp3) is 0.333. The van der Waals surface area contributed by atoms with Gasteiger partial charge in [0.15, 0.2) is 0 Å². The number of nitrogens with zero attached hydrogens (tertiary/aromatic N) is 2. The third kappa shape index (κ3) is 4.25. The predicted molar refractivity (Wildman–Crippen MR) is 77.2 cm³/mol. The molecule has 0 saturated heterocycles. The largest absolute Gasteiger partial charge is 0.388 e. The molecule has 1 rings (SSSR count). The Hall–Kier alpha value is -1.75. The minimum atomic E-state index is 0.252. The van der Waals surface area contributed by atoms with Crippen LogP contribution in [0.3, 0.4) is 0 Å². The lowest BCUT2D eigenvalue weighted by atomic mass is 10.3. The van der Waals surface area contributed by atoms with Gasteiger partial charge in [0.2, 0.25) is 0 Å². The van der Waals surface area contributed by atoms with Gasteiger partial charge in [-0.1, -0.05) is 11.6 Å². The summed E-state index contributed by atoms with van der Waals surface area (Å²) in [5.41, 5.74) is 12.4. The van der Waals surface area contributed by atoms with Gasteiger partial charge in [-0.15, -0.1) is 0 Å². The molecule has 1 aromatic rings. The van der Waals surface area contributed by atoms with Gasteiger partial charge >= 0.3 is 5.96 Å². The summed E-state index contributed by atoms with van der Waals surface area (Å²) < 4.78 is 1.91. The summed E-state index contributed by atoms with van der Waals surface area (Å²) in [6.07, 6.45) is 0. The monoisotopic (exact) mass is 268 g/mol. The Morgan fingerprint density at radius 1 is 1.22 bits per heavy atom. The molecule has 18 heavy (non-hydrogen) atoms. The van der Waals surface area contributed by atoms with Gasteiger partial charge in [0, 0.05) is 10.7 Å². The van der Waals surface area contributed by atoms with Gasteiger partial charge in [0.1, 0.15) is 0 Å². The van der Waals surface area contributed by atoms with Crippen LogP contribution in [0.15, 0.2) is 29.3 Å². The zero-order valence-electron chi connectivity index (χ0n) is 10.7. The maximum Gasteiger partial charge on any atom is 0.388 e. The van der Waals surface area contributed by atoms with Gasteiger partial charge in [0.25, 0.3) is 5.96 Å². The molecule has 0 spiro atoms. The molecule has 5 N–H and O–H groups in total. The van der Waals surface area contributed by atoms with E-state index < -0.39 is 0 Å². The number of nitrogens with one attached hydrogen (secondary N) is 1. The van der Waals surface area contributed by atoms with Gasteiger partial charge in [0.05, 0.1) is 13.1 Å². The number of aliphatic imine (C=N–C) groups is 1. The second-order valence-corrected chi connectivity index (χ2v) is 4.10. The molecular weight excluding hydrogens is 250 g/mol. The Balaban J connectivity index is 2.79. The zero-order valence-corrected chi connectivity index (χ0v) is 11.4. The van der Waals surface area contributed by atoms with Gasteiger partial charge in [-0.3, -0.25) is 10.3 Å². The van der Waals surface area contributed by atoms with Crippen LogP contribution in [0, 0.1) is 0 Å². The van der Waals surface area contributed by atoms with E-state index in [-0.39, 0.29) is 5.96 Å². The van der Waals surface area contributed by atoms with Gasteiger partial charge in [-0.25, -0.2) is 0 Å². The van der Waals surface area contributed by atoms with Crippen molar-refractivity contribution >= 4 is 29.2 Å². The fourth-order valence-electron chi connectivity index (χ4n) is 1.45. The quantitative estimate of drug-likeness (QED) is 0.441. The Bertz CT molecular complexity index is 444. The summed E-state index contributed by atoms with van der Waals surface area (Å²) in [6.45, 7) is 5.60. The summed E-state index contributed by atoms with van der Waals surface area (Å²) in [6, 6.07) is 7.18. The van der Waals surface area contributed by atoms with E-state index in [1.807, 2.05) is 30.6 Å². The normalized spacial score (nSPS) is 11.2. The Kier molecular flexibility index (Phi) is 5.45. The Morgan fingerprint density at radius 2 is 1.78 bits per heavy atom. The van der Waals surface area contributed by atoms with E-state index in [1.54, 1.807) is 12.1 Å². The second-order valence-electron chi connectivity index (χ2n) is 3.66. The maximum absolute atomic E-state index is 5.83. The Labute approximate surface area is 112 Å². The highest BCUT2D eigenvalue weighted by Crippen LogP contribution is 2.12. The zero-order chi connectivity index (χ0) is 13.5. The van der Waals surface area contributed by atoms with Gasteiger partial charge in [-0.2, -0.15) is 0 Å². The molecule has 0 heterocycles. The van der Waals surface area contributed by atoms with Crippen molar-refractivity contribution in [2.75, 3.05) is 18.4 Å². The van der Waals surface area contributed by atoms with Crippen LogP contribution < -0.4 is 16.8 Å². The number of guanidine groups is 2. The molecule has 0 atom stereocenters. The van der Waals surface area contributed by atoms with Crippen molar-refractivity contribution in [2.24, 2.45) is 16.5 Å². The number of rotatable bonds is 3. The van der Waals surface area contributed by atoms with Crippen LogP contribution in [0.1, 0.15) is 13.8 Å². The Morgan fingerprint density at radius 3 is 2.28 bits per heavy atom. The predicted octanol–water partition coefficient (Wildman–Crippen LogP) is 1.43. The molecule has 0 aliphatic heterocycles. The van der Waals surface area contributed by atoms with Gasteiger partial charge < -0.3 is 11.1 Å². The SMILES string of the molecule is CC[N+](CC)=C(N)N=C(N)Nc1ccc(Cl)cc1. The van der Waals surface area contributed by atoms with Crippen molar-refractivity contribution in [1.29, 1.82) is 0 Å². The number of halogens is 1. The lowest BCUT2D eigenvalue weighted by molar-refractivity contribution is -0.522. The van der Waals surface area contributed by atoms with Crippen LogP contribution in [-0.2, 0) is 0 Å². The first-order valence-corrected chi connectivity index (χ1v) is 6.18. The highest BCUT2D eigenvalue weighted by molar-refractivity contribution is 6.30. The number of anilines is 1. The van der Waals surface area contributed by atoms with Crippen LogP contribution in [0.4, 0.5) is 5.69 Å². The van der Waals surface area contributed by atoms with Crippen molar-refractivity contribution in [2.45, 2.75) is 13.8 Å². The van der Waals surface area contributed by atoms with Crippen molar-refractivity contribution < 1.29 is 4.58 Å². The maximum atomic E-state index is 5.83. The van der Waals surface area contributed by atoms with E-state index in [4.69, 9.17) is 23.1 Å². The summed E-state index contributed by atoms with van der Waals surface area (Å²) in [4.78, 5) is 4.11. The van der Waals surface area contributed by atoms with Crippen LogP contribution in [-0.4, -0.2) is 29.6 Å². The van der Waals surface area contributed by atoms with E-state index in [9.17, 15) is 0 Å². The van der Waals surface area contributed by atoms with E-state index >= 15 is 0 Å². The summed E-state index contributed by atoms with van der Waals surface area (Å²) >= 11 is 5.79. The molecule has 0 bridgehead atoms. The van der Waals surface area contributed by atoms with Crippen molar-refractivity contribution in [3.63, 3.8) is 0 Å². The van der Waals surface area contributed by atoms with Gasteiger partial charge in [-0.05, 0) is 43.1 Å². The first-order valence-electron chi connectivity index (χ1n) is 5.81. The highest BCUT2D eigenvalue weighted by Gasteiger charge is 2.06. The van der Waals surface area contributed by atoms with E-state index in [1.165, 1.54) is 0 Å². The molecule has 0 fully saturated rings. The average molecular weight is 269 g/mol. The molecule has 0 unspecified atom stereocenters. The average Bonchev–Trinajstić information content (AvgIpc) is 2.33. The van der Waals surface area contributed by atoms with E-state index in [0.717, 1.165) is 18.8 Å². The molecule has 6 heteroatoms. The highest BCUT2D eigenvalue weighted by atomic mass is 35.5. The second kappa shape index (κ2) is 6.86. The molecule has 0 saturated carbocycles. The molecule has 98 valence electrons. The molecule has 0 aliphatic carbocycles. The van der Waals surface area contributed by atoms with E-state index in [0.29, 0.717) is 11.0 Å². The third-order valence-electron chi connectivity index (χ3n) is 2.44. The van der Waals surface area contributed by atoms with E-state index in [2.05, 4.69) is 10.3 Å². The fourth-order valence-corrected chi connectivity index (χ4v) is 1.58. The molecular formula is C12H19ClN5+. The number of hydrogen-bond acceptors (Lipinski definition) is 0. The molecule has 1 aromatic carbocycles. The first-order chi connectivity index (χ1) is 8.56.